The number of alkyl halides is 2. The highest BCUT2D eigenvalue weighted by molar-refractivity contribution is 6.09. The number of benzene rings is 4. The Hall–Kier alpha value is -4.66. The largest absolute Gasteiger partial charge is 0.487 e. The van der Waals surface area contributed by atoms with Gasteiger partial charge < -0.3 is 15.0 Å². The average Bonchev–Trinajstić information content (AvgIpc) is 3.09. The third kappa shape index (κ3) is 9.91. The van der Waals surface area contributed by atoms with E-state index in [-0.39, 0.29) is 30.0 Å². The number of hydrogen-bond donors (Lipinski definition) is 2. The molecule has 0 amide bonds. The third-order valence-electron chi connectivity index (χ3n) is 8.13. The fourth-order valence-electron chi connectivity index (χ4n) is 5.64. The van der Waals surface area contributed by atoms with Gasteiger partial charge in [-0.05, 0) is 55.3 Å². The summed E-state index contributed by atoms with van der Waals surface area (Å²) in [5.41, 5.74) is 2.90. The molecule has 0 aliphatic rings. The van der Waals surface area contributed by atoms with E-state index in [9.17, 15) is 18.4 Å². The number of aromatic amines is 1. The second kappa shape index (κ2) is 16.8. The van der Waals surface area contributed by atoms with Gasteiger partial charge in [-0.15, -0.1) is 0 Å². The van der Waals surface area contributed by atoms with E-state index in [0.717, 1.165) is 36.8 Å². The van der Waals surface area contributed by atoms with Gasteiger partial charge in [0, 0.05) is 29.1 Å². The fraction of sp³-hybridized carbons (Fsp3) is 0.282. The first kappa shape index (κ1) is 33.7. The van der Waals surface area contributed by atoms with Crippen molar-refractivity contribution in [1.29, 1.82) is 0 Å². The SMILES string of the molecule is O=C(CN(CCCCCCNCC(F)(F)c1ccccc1)Cc1ccccc1)c1ccc(OCc2ccccc2)c2[nH]c(=O)ccc12. The molecular weight excluding hydrogens is 596 g/mol. The number of ether oxygens (including phenoxy) is 1. The lowest BCUT2D eigenvalue weighted by Gasteiger charge is -2.22. The maximum absolute atomic E-state index is 14.4. The minimum atomic E-state index is -2.90. The number of ketones is 1. The van der Waals surface area contributed by atoms with E-state index in [4.69, 9.17) is 4.74 Å². The highest BCUT2D eigenvalue weighted by atomic mass is 19.3. The van der Waals surface area contributed by atoms with Crippen molar-refractivity contribution in [3.63, 3.8) is 0 Å². The van der Waals surface area contributed by atoms with Crippen molar-refractivity contribution >= 4 is 16.7 Å². The topological polar surface area (TPSA) is 74.4 Å². The molecule has 0 unspecified atom stereocenters. The van der Waals surface area contributed by atoms with Crippen LogP contribution < -0.4 is 15.6 Å². The summed E-state index contributed by atoms with van der Waals surface area (Å²) in [5.74, 6) is -2.43. The molecule has 5 aromatic rings. The van der Waals surface area contributed by atoms with Crippen LogP contribution in [-0.4, -0.2) is 41.8 Å². The van der Waals surface area contributed by atoms with E-state index in [1.165, 1.54) is 18.2 Å². The molecule has 0 spiro atoms. The van der Waals surface area contributed by atoms with Crippen molar-refractivity contribution in [2.45, 2.75) is 44.8 Å². The third-order valence-corrected chi connectivity index (χ3v) is 8.13. The Kier molecular flexibility index (Phi) is 12.0. The number of unbranched alkanes of at least 4 members (excludes halogenated alkanes) is 3. The lowest BCUT2D eigenvalue weighted by molar-refractivity contribution is -0.00302. The van der Waals surface area contributed by atoms with Crippen LogP contribution in [0.25, 0.3) is 10.9 Å². The molecule has 8 heteroatoms. The van der Waals surface area contributed by atoms with Gasteiger partial charge in [0.2, 0.25) is 5.56 Å². The molecule has 6 nitrogen and oxygen atoms in total. The van der Waals surface area contributed by atoms with Crippen LogP contribution >= 0.6 is 0 Å². The number of Topliss-reactive ketones (excluding diaryl/α,β-unsaturated/α-hetero) is 1. The standard InChI is InChI=1S/C39H41F2N3O3/c40-39(41,32-18-10-5-11-19-32)29-42-24-12-1-2-13-25-44(26-30-14-6-3-7-15-30)27-35(45)33-20-22-36(38-34(33)21-23-37(46)43-38)47-28-31-16-8-4-9-17-31/h3-11,14-23,42H,1-2,12-13,24-29H2,(H,43,46). The van der Waals surface area contributed by atoms with Gasteiger partial charge in [0.1, 0.15) is 12.4 Å². The lowest BCUT2D eigenvalue weighted by atomic mass is 10.0. The Morgan fingerprint density at radius 3 is 2.15 bits per heavy atom. The second-order valence-electron chi connectivity index (χ2n) is 11.8. The quantitative estimate of drug-likeness (QED) is 0.0760. The first-order valence-electron chi connectivity index (χ1n) is 16.2. The maximum atomic E-state index is 14.4. The summed E-state index contributed by atoms with van der Waals surface area (Å²) in [4.78, 5) is 31.1. The van der Waals surface area contributed by atoms with E-state index in [0.29, 0.717) is 48.5 Å². The number of halogens is 2. The molecule has 0 saturated carbocycles. The smallest absolute Gasteiger partial charge is 0.285 e. The van der Waals surface area contributed by atoms with Gasteiger partial charge in [0.05, 0.1) is 18.6 Å². The predicted octanol–water partition coefficient (Wildman–Crippen LogP) is 7.73. The highest BCUT2D eigenvalue weighted by Crippen LogP contribution is 2.28. The molecule has 0 fully saturated rings. The minimum Gasteiger partial charge on any atom is -0.487 e. The molecule has 0 saturated heterocycles. The maximum Gasteiger partial charge on any atom is 0.285 e. The Balaban J connectivity index is 1.17. The molecule has 0 aliphatic heterocycles. The zero-order valence-corrected chi connectivity index (χ0v) is 26.5. The summed E-state index contributed by atoms with van der Waals surface area (Å²) in [6.45, 7) is 2.02. The Morgan fingerprint density at radius 2 is 1.43 bits per heavy atom. The molecule has 0 aliphatic carbocycles. The van der Waals surface area contributed by atoms with Crippen molar-refractivity contribution in [3.8, 4) is 5.75 Å². The minimum absolute atomic E-state index is 0.0224. The van der Waals surface area contributed by atoms with E-state index in [1.54, 1.807) is 36.4 Å². The second-order valence-corrected chi connectivity index (χ2v) is 11.8. The molecule has 5 rings (SSSR count). The molecular formula is C39H41F2N3O3. The summed E-state index contributed by atoms with van der Waals surface area (Å²) in [6.07, 6.45) is 3.50. The van der Waals surface area contributed by atoms with E-state index < -0.39 is 5.92 Å². The molecule has 1 aromatic heterocycles. The number of pyridine rings is 1. The van der Waals surface area contributed by atoms with Crippen molar-refractivity contribution in [1.82, 2.24) is 15.2 Å². The van der Waals surface area contributed by atoms with Gasteiger partial charge in [-0.2, -0.15) is 8.78 Å². The number of carbonyl (C=O) groups is 1. The van der Waals surface area contributed by atoms with Crippen LogP contribution in [0.3, 0.4) is 0 Å². The number of nitrogens with one attached hydrogen (secondary N) is 2. The Labute approximate surface area is 274 Å². The molecule has 2 N–H and O–H groups in total. The van der Waals surface area contributed by atoms with Crippen LogP contribution in [0.4, 0.5) is 8.78 Å². The first-order chi connectivity index (χ1) is 22.9. The van der Waals surface area contributed by atoms with Gasteiger partial charge in [-0.25, -0.2) is 0 Å². The van der Waals surface area contributed by atoms with E-state index in [1.807, 2.05) is 60.7 Å². The van der Waals surface area contributed by atoms with Crippen molar-refractivity contribution in [3.05, 3.63) is 148 Å². The van der Waals surface area contributed by atoms with Crippen LogP contribution in [-0.2, 0) is 19.1 Å². The molecule has 0 radical (unpaired) electrons. The summed E-state index contributed by atoms with van der Waals surface area (Å²) >= 11 is 0. The molecule has 0 atom stereocenters. The number of rotatable bonds is 18. The first-order valence-corrected chi connectivity index (χ1v) is 16.2. The number of nitrogens with zero attached hydrogens (tertiary/aromatic N) is 1. The molecule has 47 heavy (non-hydrogen) atoms. The summed E-state index contributed by atoms with van der Waals surface area (Å²) in [5, 5.41) is 3.55. The average molecular weight is 638 g/mol. The van der Waals surface area contributed by atoms with Crippen molar-refractivity contribution in [2.75, 3.05) is 26.2 Å². The van der Waals surface area contributed by atoms with Crippen LogP contribution in [0.5, 0.6) is 5.75 Å². The molecule has 1 heterocycles. The summed E-state index contributed by atoms with van der Waals surface area (Å²) in [7, 11) is 0. The normalized spacial score (nSPS) is 11.6. The lowest BCUT2D eigenvalue weighted by Crippen LogP contribution is -2.31. The molecule has 4 aromatic carbocycles. The monoisotopic (exact) mass is 637 g/mol. The van der Waals surface area contributed by atoms with Gasteiger partial charge in [-0.1, -0.05) is 104 Å². The van der Waals surface area contributed by atoms with E-state index in [2.05, 4.69) is 15.2 Å². The summed E-state index contributed by atoms with van der Waals surface area (Å²) in [6, 6.07) is 34.3. The predicted molar refractivity (Wildman–Crippen MR) is 183 cm³/mol. The summed E-state index contributed by atoms with van der Waals surface area (Å²) < 4.78 is 34.8. The van der Waals surface area contributed by atoms with Crippen molar-refractivity contribution < 1.29 is 18.3 Å². The zero-order valence-electron chi connectivity index (χ0n) is 26.5. The van der Waals surface area contributed by atoms with Gasteiger partial charge in [0.15, 0.2) is 5.78 Å². The number of H-pyrrole nitrogens is 1. The van der Waals surface area contributed by atoms with E-state index >= 15 is 0 Å². The Bertz CT molecular complexity index is 1760. The number of hydrogen-bond acceptors (Lipinski definition) is 5. The van der Waals surface area contributed by atoms with Gasteiger partial charge in [-0.3, -0.25) is 14.5 Å². The van der Waals surface area contributed by atoms with Gasteiger partial charge >= 0.3 is 0 Å². The molecule has 244 valence electrons. The molecule has 0 bridgehead atoms. The Morgan fingerprint density at radius 1 is 0.766 bits per heavy atom. The zero-order chi connectivity index (χ0) is 32.9. The van der Waals surface area contributed by atoms with Crippen molar-refractivity contribution in [2.24, 2.45) is 0 Å². The number of aromatic nitrogens is 1. The fourth-order valence-corrected chi connectivity index (χ4v) is 5.64. The highest BCUT2D eigenvalue weighted by Gasteiger charge is 2.30. The number of fused-ring (bicyclic) bond motifs is 1. The van der Waals surface area contributed by atoms with Gasteiger partial charge in [0.25, 0.3) is 5.92 Å². The van der Waals surface area contributed by atoms with Crippen LogP contribution in [0.2, 0.25) is 0 Å². The van der Waals surface area contributed by atoms with Crippen LogP contribution in [0.15, 0.2) is 120 Å². The number of carbonyl (C=O) groups excluding carboxylic acids is 1. The van der Waals surface area contributed by atoms with Crippen LogP contribution in [0, 0.1) is 0 Å². The van der Waals surface area contributed by atoms with Crippen LogP contribution in [0.1, 0.15) is 52.7 Å².